The minimum Gasteiger partial charge on any atom is -0.457 e. The molecule has 52 heavy (non-hydrogen) atoms. The Hall–Kier alpha value is -5.03. The van der Waals surface area contributed by atoms with Crippen molar-refractivity contribution in [2.75, 3.05) is 25.0 Å². The fourth-order valence-corrected chi connectivity index (χ4v) is 6.87. The Bertz CT molecular complexity index is 1920. The molecule has 0 bridgehead atoms. The van der Waals surface area contributed by atoms with Gasteiger partial charge in [0.15, 0.2) is 6.29 Å². The quantitative estimate of drug-likeness (QED) is 0.111. The summed E-state index contributed by atoms with van der Waals surface area (Å²) >= 11 is 0. The van der Waals surface area contributed by atoms with Gasteiger partial charge in [-0.05, 0) is 82.8 Å². The van der Waals surface area contributed by atoms with Crippen LogP contribution >= 0.6 is 0 Å². The number of aliphatic hydroxyl groups excluding tert-OH is 2. The maximum Gasteiger partial charge on any atom is 0.319 e. The summed E-state index contributed by atoms with van der Waals surface area (Å²) in [6.45, 7) is 4.70. The fourth-order valence-electron chi connectivity index (χ4n) is 6.87. The van der Waals surface area contributed by atoms with Crippen molar-refractivity contribution in [3.63, 3.8) is 0 Å². The summed E-state index contributed by atoms with van der Waals surface area (Å²) in [5.74, 6) is 1.50. The fraction of sp³-hybridized carbons (Fsp3) is 0.279. The lowest BCUT2D eigenvalue weighted by Crippen LogP contribution is -2.44. The van der Waals surface area contributed by atoms with E-state index in [0.717, 1.165) is 52.1 Å². The first kappa shape index (κ1) is 35.4. The molecule has 0 aliphatic carbocycles. The number of rotatable bonds is 11. The minimum absolute atomic E-state index is 0.00919. The van der Waals surface area contributed by atoms with E-state index in [1.165, 1.54) is 0 Å². The first-order valence-corrected chi connectivity index (χ1v) is 17.9. The van der Waals surface area contributed by atoms with Crippen LogP contribution in [0.25, 0.3) is 11.1 Å². The smallest absolute Gasteiger partial charge is 0.319 e. The molecule has 0 unspecified atom stereocenters. The molecule has 2 amide bonds. The summed E-state index contributed by atoms with van der Waals surface area (Å²) in [5, 5.41) is 25.6. The Balaban J connectivity index is 1.01. The number of nitrogens with one attached hydrogen (secondary N) is 2. The third-order valence-electron chi connectivity index (χ3n) is 9.77. The van der Waals surface area contributed by atoms with E-state index in [2.05, 4.69) is 46.7 Å². The lowest BCUT2D eigenvalue weighted by atomic mass is 9.90. The van der Waals surface area contributed by atoms with E-state index in [9.17, 15) is 15.0 Å². The van der Waals surface area contributed by atoms with Crippen molar-refractivity contribution in [1.82, 2.24) is 10.2 Å². The highest BCUT2D eigenvalue weighted by Gasteiger charge is 2.40. The van der Waals surface area contributed by atoms with Gasteiger partial charge in [0.1, 0.15) is 11.5 Å². The molecule has 5 atom stereocenters. The van der Waals surface area contributed by atoms with Crippen LogP contribution in [-0.2, 0) is 22.6 Å². The highest BCUT2D eigenvalue weighted by molar-refractivity contribution is 5.89. The second kappa shape index (κ2) is 16.5. The van der Waals surface area contributed by atoms with Gasteiger partial charge in [-0.2, -0.15) is 0 Å². The Morgan fingerprint density at radius 3 is 2.27 bits per heavy atom. The number of nitrogens with zero attached hydrogens (tertiary/aromatic N) is 1. The van der Waals surface area contributed by atoms with Gasteiger partial charge >= 0.3 is 6.03 Å². The molecule has 0 saturated carbocycles. The van der Waals surface area contributed by atoms with Gasteiger partial charge in [-0.3, -0.25) is 4.90 Å². The third-order valence-corrected chi connectivity index (χ3v) is 9.77. The van der Waals surface area contributed by atoms with E-state index in [-0.39, 0.29) is 36.9 Å². The van der Waals surface area contributed by atoms with Crippen LogP contribution in [0.5, 0.6) is 11.5 Å². The van der Waals surface area contributed by atoms with Crippen molar-refractivity contribution in [2.24, 2.45) is 5.92 Å². The number of carbonyl (C=O) groups is 1. The van der Waals surface area contributed by atoms with Crippen molar-refractivity contribution in [1.29, 1.82) is 0 Å². The minimum atomic E-state index is -0.594. The van der Waals surface area contributed by atoms with E-state index < -0.39 is 6.29 Å². The van der Waals surface area contributed by atoms with Crippen molar-refractivity contribution >= 4 is 11.7 Å². The van der Waals surface area contributed by atoms with Crippen LogP contribution in [0.4, 0.5) is 10.5 Å². The predicted molar refractivity (Wildman–Crippen MR) is 201 cm³/mol. The molecule has 2 fully saturated rings. The van der Waals surface area contributed by atoms with E-state index in [1.807, 2.05) is 91.0 Å². The summed E-state index contributed by atoms with van der Waals surface area (Å²) in [6, 6.07) is 40.8. The monoisotopic (exact) mass is 699 g/mol. The molecular weight excluding hydrogens is 654 g/mol. The number of aliphatic hydroxyl groups is 2. The molecule has 0 aromatic heterocycles. The standard InChI is InChI=1S/C43H45N3O6/c1-29-40(27-46-22-21-37(48)26-46)51-42(52-41(29)32-15-13-30(28-47)14-16-32)35-10-6-9-34(24-35)33-8-5-7-31(23-33)25-44-43(49)45-36-17-19-39(20-18-36)50-38-11-3-2-4-12-38/h2-20,23-24,29,37,40-42,47-48H,21-22,25-28H2,1H3,(H2,44,45,49)/t29-,37-,40+,41+,42+/m0/s1. The molecule has 2 heterocycles. The van der Waals surface area contributed by atoms with Crippen molar-refractivity contribution in [3.8, 4) is 22.6 Å². The molecule has 7 rings (SSSR count). The lowest BCUT2D eigenvalue weighted by Gasteiger charge is -2.42. The number of carbonyl (C=O) groups excluding carboxylic acids is 1. The van der Waals surface area contributed by atoms with Gasteiger partial charge < -0.3 is 35.1 Å². The van der Waals surface area contributed by atoms with Crippen molar-refractivity contribution in [2.45, 2.75) is 51.1 Å². The summed E-state index contributed by atoms with van der Waals surface area (Å²) in [7, 11) is 0. The third kappa shape index (κ3) is 8.88. The molecule has 0 spiro atoms. The van der Waals surface area contributed by atoms with Crippen LogP contribution in [0, 0.1) is 5.92 Å². The largest absolute Gasteiger partial charge is 0.457 e. The van der Waals surface area contributed by atoms with E-state index >= 15 is 0 Å². The Labute approximate surface area is 304 Å². The van der Waals surface area contributed by atoms with Gasteiger partial charge in [0, 0.05) is 43.3 Å². The highest BCUT2D eigenvalue weighted by Crippen LogP contribution is 2.42. The molecule has 0 radical (unpaired) electrons. The molecular formula is C43H45N3O6. The lowest BCUT2D eigenvalue weighted by molar-refractivity contribution is -0.276. The van der Waals surface area contributed by atoms with Crippen LogP contribution in [0.3, 0.4) is 0 Å². The van der Waals surface area contributed by atoms with Crippen LogP contribution in [0.1, 0.15) is 48.0 Å². The van der Waals surface area contributed by atoms with Gasteiger partial charge in [-0.15, -0.1) is 0 Å². The van der Waals surface area contributed by atoms with Crippen molar-refractivity contribution < 1.29 is 29.2 Å². The SMILES string of the molecule is C[C@H]1[C@@H](CN2CC[C@H](O)C2)O[C@@H](c2cccc(-c3cccc(CNC(=O)Nc4ccc(Oc5ccccc5)cc4)c3)c2)O[C@H]1c1ccc(CO)cc1. The average molecular weight is 700 g/mol. The first-order valence-electron chi connectivity index (χ1n) is 17.9. The normalized spacial score (nSPS) is 21.8. The van der Waals surface area contributed by atoms with Crippen LogP contribution in [-0.4, -0.2) is 53.0 Å². The zero-order valence-electron chi connectivity index (χ0n) is 29.2. The molecule has 2 saturated heterocycles. The number of anilines is 1. The first-order chi connectivity index (χ1) is 25.4. The molecule has 2 aliphatic rings. The van der Waals surface area contributed by atoms with Crippen molar-refractivity contribution in [3.05, 3.63) is 150 Å². The van der Waals surface area contributed by atoms with E-state index in [4.69, 9.17) is 14.2 Å². The highest BCUT2D eigenvalue weighted by atomic mass is 16.7. The molecule has 9 nitrogen and oxygen atoms in total. The van der Waals surface area contributed by atoms with Crippen LogP contribution < -0.4 is 15.4 Å². The molecule has 9 heteroatoms. The Morgan fingerprint density at radius 2 is 1.54 bits per heavy atom. The van der Waals surface area contributed by atoms with Gasteiger partial charge in [-0.1, -0.05) is 85.8 Å². The maximum atomic E-state index is 12.8. The molecule has 5 aromatic carbocycles. The van der Waals surface area contributed by atoms with Crippen LogP contribution in [0.15, 0.2) is 127 Å². The zero-order chi connectivity index (χ0) is 35.9. The summed E-state index contributed by atoms with van der Waals surface area (Å²) in [4.78, 5) is 15.0. The average Bonchev–Trinajstić information content (AvgIpc) is 3.60. The zero-order valence-corrected chi connectivity index (χ0v) is 29.2. The number of amides is 2. The number of ether oxygens (including phenoxy) is 3. The number of β-amino-alcohol motifs (C(OH)–C–C–N with tert-alkyl or cyclic N) is 1. The number of hydrogen-bond donors (Lipinski definition) is 4. The topological polar surface area (TPSA) is 113 Å². The van der Waals surface area contributed by atoms with Gasteiger partial charge in [-0.25, -0.2) is 4.79 Å². The number of para-hydroxylation sites is 1. The second-order valence-electron chi connectivity index (χ2n) is 13.6. The summed E-state index contributed by atoms with van der Waals surface area (Å²) in [6.07, 6.45) is -0.454. The van der Waals surface area contributed by atoms with Gasteiger partial charge in [0.25, 0.3) is 0 Å². The second-order valence-corrected chi connectivity index (χ2v) is 13.6. The number of benzene rings is 5. The summed E-state index contributed by atoms with van der Waals surface area (Å²) < 4.78 is 19.2. The number of urea groups is 1. The number of hydrogen-bond acceptors (Lipinski definition) is 7. The van der Waals surface area contributed by atoms with E-state index in [1.54, 1.807) is 12.1 Å². The Kier molecular flexibility index (Phi) is 11.3. The molecule has 4 N–H and O–H groups in total. The molecule has 5 aromatic rings. The summed E-state index contributed by atoms with van der Waals surface area (Å²) in [5.41, 5.74) is 6.45. The number of likely N-dealkylation sites (tertiary alicyclic amines) is 1. The Morgan fingerprint density at radius 1 is 0.808 bits per heavy atom. The maximum absolute atomic E-state index is 12.8. The van der Waals surface area contributed by atoms with E-state index in [0.29, 0.717) is 31.1 Å². The van der Waals surface area contributed by atoms with Gasteiger partial charge in [0.05, 0.1) is 24.9 Å². The van der Waals surface area contributed by atoms with Gasteiger partial charge in [0.2, 0.25) is 0 Å². The molecule has 268 valence electrons. The predicted octanol–water partition coefficient (Wildman–Crippen LogP) is 7.82. The molecule has 2 aliphatic heterocycles. The van der Waals surface area contributed by atoms with Crippen LogP contribution in [0.2, 0.25) is 0 Å².